The first-order valence-electron chi connectivity index (χ1n) is 9.22. The lowest BCUT2D eigenvalue weighted by atomic mass is 10.00. The second kappa shape index (κ2) is 7.01. The number of amides is 1. The summed E-state index contributed by atoms with van der Waals surface area (Å²) >= 11 is 0. The Balaban J connectivity index is 1.29. The number of ether oxygens (including phenoxy) is 1. The molecule has 142 valence electrons. The molecule has 0 unspecified atom stereocenters. The quantitative estimate of drug-likeness (QED) is 0.743. The molecule has 1 amide bonds. The van der Waals surface area contributed by atoms with E-state index in [1.54, 1.807) is 18.6 Å². The van der Waals surface area contributed by atoms with Crippen molar-refractivity contribution in [1.29, 1.82) is 0 Å². The van der Waals surface area contributed by atoms with E-state index in [0.29, 0.717) is 31.2 Å². The minimum absolute atomic E-state index is 0.0103. The van der Waals surface area contributed by atoms with Crippen molar-refractivity contribution in [1.82, 2.24) is 29.9 Å². The number of carbonyl (C=O) groups excluding carboxylic acids is 1. The molecule has 9 nitrogen and oxygen atoms in total. The number of benzene rings is 1. The van der Waals surface area contributed by atoms with Crippen molar-refractivity contribution in [3.8, 4) is 0 Å². The Morgan fingerprint density at radius 3 is 2.79 bits per heavy atom. The molecule has 0 bridgehead atoms. The van der Waals surface area contributed by atoms with E-state index in [-0.39, 0.29) is 18.1 Å². The van der Waals surface area contributed by atoms with Crippen LogP contribution in [-0.2, 0) is 11.3 Å². The molecule has 9 heteroatoms. The van der Waals surface area contributed by atoms with E-state index in [2.05, 4.69) is 25.6 Å². The van der Waals surface area contributed by atoms with E-state index in [0.717, 1.165) is 17.8 Å². The van der Waals surface area contributed by atoms with Crippen molar-refractivity contribution in [3.05, 3.63) is 60.2 Å². The standard InChI is InChI=1S/C19H19N7O2/c27-18(13-8-20-19(21-9-13)23-14-4-2-1-3-5-14)25-7-6-17-16(11-25)26-15(12-28-17)10-22-24-26/h1-5,8-10,16-17H,6-7,11-12H2,(H,20,21,23)/t16-,17+/m1/s1. The number of fused-ring (bicyclic) bond motifs is 3. The Hall–Kier alpha value is -3.33. The van der Waals surface area contributed by atoms with Gasteiger partial charge in [-0.15, -0.1) is 5.10 Å². The molecule has 2 aliphatic rings. The predicted molar refractivity (Wildman–Crippen MR) is 99.9 cm³/mol. The van der Waals surface area contributed by atoms with Gasteiger partial charge in [0.15, 0.2) is 0 Å². The highest BCUT2D eigenvalue weighted by atomic mass is 16.5. The van der Waals surface area contributed by atoms with Crippen molar-refractivity contribution in [3.63, 3.8) is 0 Å². The van der Waals surface area contributed by atoms with Crippen LogP contribution < -0.4 is 5.32 Å². The maximum absolute atomic E-state index is 12.9. The smallest absolute Gasteiger partial charge is 0.257 e. The van der Waals surface area contributed by atoms with Crippen LogP contribution in [0.3, 0.4) is 0 Å². The van der Waals surface area contributed by atoms with Gasteiger partial charge in [0.05, 0.1) is 36.2 Å². The molecule has 2 aliphatic heterocycles. The van der Waals surface area contributed by atoms with Gasteiger partial charge in [0.1, 0.15) is 0 Å². The first kappa shape index (κ1) is 16.8. The number of para-hydroxylation sites is 1. The summed E-state index contributed by atoms with van der Waals surface area (Å²) in [6.07, 6.45) is 5.66. The van der Waals surface area contributed by atoms with E-state index in [1.807, 2.05) is 39.9 Å². The summed E-state index contributed by atoms with van der Waals surface area (Å²) in [5.41, 5.74) is 2.30. The Bertz CT molecular complexity index is 973. The molecule has 1 aromatic carbocycles. The van der Waals surface area contributed by atoms with E-state index in [4.69, 9.17) is 4.74 Å². The summed E-state index contributed by atoms with van der Waals surface area (Å²) in [5, 5.41) is 11.3. The highest BCUT2D eigenvalue weighted by molar-refractivity contribution is 5.93. The Morgan fingerprint density at radius 1 is 1.14 bits per heavy atom. The summed E-state index contributed by atoms with van der Waals surface area (Å²) in [5.74, 6) is 0.367. The third-order valence-corrected chi connectivity index (χ3v) is 5.14. The second-order valence-electron chi connectivity index (χ2n) is 6.91. The third kappa shape index (κ3) is 3.09. The normalized spacial score (nSPS) is 20.9. The van der Waals surface area contributed by atoms with Crippen molar-refractivity contribution < 1.29 is 9.53 Å². The minimum atomic E-state index is -0.0862. The van der Waals surface area contributed by atoms with Gasteiger partial charge in [-0.05, 0) is 18.6 Å². The summed E-state index contributed by atoms with van der Waals surface area (Å²) < 4.78 is 7.79. The number of aromatic nitrogens is 5. The fourth-order valence-electron chi connectivity index (χ4n) is 3.70. The average molecular weight is 377 g/mol. The molecule has 3 aromatic rings. The largest absolute Gasteiger partial charge is 0.370 e. The molecule has 1 fully saturated rings. The summed E-state index contributed by atoms with van der Waals surface area (Å²) in [4.78, 5) is 23.3. The van der Waals surface area contributed by atoms with Gasteiger partial charge in [-0.1, -0.05) is 23.4 Å². The molecule has 4 heterocycles. The number of hydrogen-bond acceptors (Lipinski definition) is 7. The molecule has 2 atom stereocenters. The van der Waals surface area contributed by atoms with Crippen molar-refractivity contribution in [2.75, 3.05) is 18.4 Å². The van der Waals surface area contributed by atoms with Gasteiger partial charge >= 0.3 is 0 Å². The van der Waals surface area contributed by atoms with Crippen LogP contribution >= 0.6 is 0 Å². The molecule has 0 saturated carbocycles. The van der Waals surface area contributed by atoms with E-state index >= 15 is 0 Å². The number of rotatable bonds is 3. The Morgan fingerprint density at radius 2 is 1.96 bits per heavy atom. The maximum atomic E-state index is 12.9. The van der Waals surface area contributed by atoms with Crippen LogP contribution in [0, 0.1) is 0 Å². The molecular formula is C19H19N7O2. The number of piperidine rings is 1. The van der Waals surface area contributed by atoms with Crippen LogP contribution in [0.4, 0.5) is 11.6 Å². The molecular weight excluding hydrogens is 358 g/mol. The Labute approximate surface area is 161 Å². The van der Waals surface area contributed by atoms with E-state index in [9.17, 15) is 4.79 Å². The average Bonchev–Trinajstić information content (AvgIpc) is 3.24. The van der Waals surface area contributed by atoms with Gasteiger partial charge < -0.3 is 15.0 Å². The topological polar surface area (TPSA) is 98.1 Å². The molecule has 5 rings (SSSR count). The van der Waals surface area contributed by atoms with Gasteiger partial charge in [-0.2, -0.15) is 0 Å². The van der Waals surface area contributed by atoms with Crippen LogP contribution in [0.25, 0.3) is 0 Å². The van der Waals surface area contributed by atoms with Gasteiger partial charge in [0, 0.05) is 31.2 Å². The lowest BCUT2D eigenvalue weighted by Gasteiger charge is -2.40. The van der Waals surface area contributed by atoms with E-state index < -0.39 is 0 Å². The highest BCUT2D eigenvalue weighted by Gasteiger charge is 2.38. The van der Waals surface area contributed by atoms with Crippen LogP contribution in [-0.4, -0.2) is 55.0 Å². The first-order valence-corrected chi connectivity index (χ1v) is 9.22. The van der Waals surface area contributed by atoms with Crippen molar-refractivity contribution >= 4 is 17.5 Å². The molecule has 2 aromatic heterocycles. The molecule has 0 spiro atoms. The lowest BCUT2D eigenvalue weighted by molar-refractivity contribution is -0.0605. The fourth-order valence-corrected chi connectivity index (χ4v) is 3.70. The van der Waals surface area contributed by atoms with Crippen molar-refractivity contribution in [2.24, 2.45) is 0 Å². The van der Waals surface area contributed by atoms with Gasteiger partial charge in [0.25, 0.3) is 5.91 Å². The summed E-state index contributed by atoms with van der Waals surface area (Å²) in [7, 11) is 0. The molecule has 0 radical (unpaired) electrons. The van der Waals surface area contributed by atoms with Gasteiger partial charge in [-0.25, -0.2) is 14.6 Å². The zero-order valence-corrected chi connectivity index (χ0v) is 15.1. The zero-order chi connectivity index (χ0) is 18.9. The number of anilines is 2. The summed E-state index contributed by atoms with van der Waals surface area (Å²) in [6.45, 7) is 1.68. The van der Waals surface area contributed by atoms with Gasteiger partial charge in [0.2, 0.25) is 5.95 Å². The fraction of sp³-hybridized carbons (Fsp3) is 0.316. The van der Waals surface area contributed by atoms with Crippen molar-refractivity contribution in [2.45, 2.75) is 25.2 Å². The summed E-state index contributed by atoms with van der Waals surface area (Å²) in [6, 6.07) is 9.65. The minimum Gasteiger partial charge on any atom is -0.370 e. The lowest BCUT2D eigenvalue weighted by Crippen LogP contribution is -2.49. The SMILES string of the molecule is O=C(c1cnc(Nc2ccccc2)nc1)N1CC[C@@H]2OCc3cnnn3[C@@H]2C1. The van der Waals surface area contributed by atoms with Crippen LogP contribution in [0.2, 0.25) is 0 Å². The number of hydrogen-bond donors (Lipinski definition) is 1. The molecule has 1 N–H and O–H groups in total. The monoisotopic (exact) mass is 377 g/mol. The molecule has 1 saturated heterocycles. The molecule has 28 heavy (non-hydrogen) atoms. The second-order valence-corrected chi connectivity index (χ2v) is 6.91. The van der Waals surface area contributed by atoms with Crippen LogP contribution in [0.5, 0.6) is 0 Å². The predicted octanol–water partition coefficient (Wildman–Crippen LogP) is 1.80. The molecule has 0 aliphatic carbocycles. The van der Waals surface area contributed by atoms with Gasteiger partial charge in [-0.3, -0.25) is 4.79 Å². The number of likely N-dealkylation sites (tertiary alicyclic amines) is 1. The number of carbonyl (C=O) groups is 1. The zero-order valence-electron chi connectivity index (χ0n) is 15.1. The Kier molecular flexibility index (Phi) is 4.21. The number of nitrogens with one attached hydrogen (secondary N) is 1. The van der Waals surface area contributed by atoms with Crippen LogP contribution in [0.1, 0.15) is 28.5 Å². The highest BCUT2D eigenvalue weighted by Crippen LogP contribution is 2.30. The number of nitrogens with zero attached hydrogens (tertiary/aromatic N) is 6. The van der Waals surface area contributed by atoms with Crippen LogP contribution in [0.15, 0.2) is 48.9 Å². The van der Waals surface area contributed by atoms with E-state index in [1.165, 1.54) is 0 Å². The third-order valence-electron chi connectivity index (χ3n) is 5.14. The first-order chi connectivity index (χ1) is 13.8. The maximum Gasteiger partial charge on any atom is 0.257 e.